The lowest BCUT2D eigenvalue weighted by Crippen LogP contribution is -2.29. The Hall–Kier alpha value is -1.78. The number of nitrogens with zero attached hydrogens (tertiary/aromatic N) is 2. The number of anilines is 2. The van der Waals surface area contributed by atoms with E-state index in [9.17, 15) is 10.1 Å². The summed E-state index contributed by atoms with van der Waals surface area (Å²) in [4.78, 5) is 12.7. The second-order valence-corrected chi connectivity index (χ2v) is 4.92. The lowest BCUT2D eigenvalue weighted by Gasteiger charge is -2.31. The minimum absolute atomic E-state index is 0.136. The number of hydrogen-bond acceptors (Lipinski definition) is 4. The molecule has 0 bridgehead atoms. The third-order valence-electron chi connectivity index (χ3n) is 3.60. The third kappa shape index (κ3) is 2.72. The van der Waals surface area contributed by atoms with Crippen molar-refractivity contribution in [3.8, 4) is 0 Å². The Morgan fingerprint density at radius 1 is 1.44 bits per heavy atom. The zero-order chi connectivity index (χ0) is 13.1. The highest BCUT2D eigenvalue weighted by Crippen LogP contribution is 2.31. The molecule has 1 aliphatic rings. The number of hydrogen-bond donors (Lipinski definition) is 1. The molecule has 0 radical (unpaired) electrons. The summed E-state index contributed by atoms with van der Waals surface area (Å²) >= 11 is 0. The molecule has 2 rings (SSSR count). The zero-order valence-electron chi connectivity index (χ0n) is 10.8. The molecule has 0 aliphatic heterocycles. The van der Waals surface area contributed by atoms with Crippen molar-refractivity contribution in [2.24, 2.45) is 5.92 Å². The number of nitrogens with one attached hydrogen (secondary N) is 1. The Kier molecular flexibility index (Phi) is 3.69. The van der Waals surface area contributed by atoms with Gasteiger partial charge in [0.2, 0.25) is 0 Å². The lowest BCUT2D eigenvalue weighted by atomic mass is 9.85. The molecule has 1 fully saturated rings. The minimum atomic E-state index is -0.346. The average Bonchev–Trinajstić information content (AvgIpc) is 2.32. The first-order valence-corrected chi connectivity index (χ1v) is 6.28. The predicted molar refractivity (Wildman–Crippen MR) is 73.3 cm³/mol. The molecule has 5 nitrogen and oxygen atoms in total. The highest BCUT2D eigenvalue weighted by atomic mass is 16.6. The molecule has 98 valence electrons. The fraction of sp³-hybridized carbons (Fsp3) is 0.538. The smallest absolute Gasteiger partial charge is 0.273 e. The van der Waals surface area contributed by atoms with Crippen LogP contribution < -0.4 is 10.2 Å². The average molecular weight is 249 g/mol. The minimum Gasteiger partial charge on any atom is -0.388 e. The molecule has 5 heteroatoms. The van der Waals surface area contributed by atoms with Crippen molar-refractivity contribution in [1.29, 1.82) is 0 Å². The van der Waals surface area contributed by atoms with Gasteiger partial charge in [0.1, 0.15) is 0 Å². The molecule has 0 heterocycles. The number of nitro benzene ring substituents is 1. The molecule has 0 amide bonds. The molecule has 0 saturated heterocycles. The van der Waals surface area contributed by atoms with Crippen LogP contribution in [0.15, 0.2) is 18.2 Å². The van der Waals surface area contributed by atoms with Crippen LogP contribution in [-0.4, -0.2) is 25.6 Å². The third-order valence-corrected chi connectivity index (χ3v) is 3.60. The van der Waals surface area contributed by atoms with Gasteiger partial charge >= 0.3 is 0 Å². The highest BCUT2D eigenvalue weighted by molar-refractivity contribution is 5.64. The van der Waals surface area contributed by atoms with E-state index in [1.807, 2.05) is 13.1 Å². The van der Waals surface area contributed by atoms with Crippen molar-refractivity contribution in [2.75, 3.05) is 30.9 Å². The Balaban J connectivity index is 2.19. The van der Waals surface area contributed by atoms with Crippen LogP contribution in [-0.2, 0) is 0 Å². The van der Waals surface area contributed by atoms with Gasteiger partial charge in [-0.3, -0.25) is 10.1 Å². The van der Waals surface area contributed by atoms with Crippen LogP contribution in [0.1, 0.15) is 19.3 Å². The monoisotopic (exact) mass is 249 g/mol. The molecular formula is C13H19N3O2. The zero-order valence-corrected chi connectivity index (χ0v) is 10.8. The SMILES string of the molecule is CNc1cc(N(C)CC2CCC2)cc([N+](=O)[O-])c1. The lowest BCUT2D eigenvalue weighted by molar-refractivity contribution is -0.384. The maximum Gasteiger partial charge on any atom is 0.273 e. The van der Waals surface area contributed by atoms with Gasteiger partial charge in [-0.05, 0) is 24.8 Å². The quantitative estimate of drug-likeness (QED) is 0.644. The Bertz CT molecular complexity index is 444. The van der Waals surface area contributed by atoms with Crippen molar-refractivity contribution in [3.63, 3.8) is 0 Å². The largest absolute Gasteiger partial charge is 0.388 e. The first-order valence-electron chi connectivity index (χ1n) is 6.28. The molecule has 1 saturated carbocycles. The van der Waals surface area contributed by atoms with Crippen LogP contribution in [0.25, 0.3) is 0 Å². The van der Waals surface area contributed by atoms with E-state index in [-0.39, 0.29) is 10.6 Å². The summed E-state index contributed by atoms with van der Waals surface area (Å²) in [5.41, 5.74) is 1.82. The van der Waals surface area contributed by atoms with Crippen molar-refractivity contribution >= 4 is 17.1 Å². The van der Waals surface area contributed by atoms with E-state index in [0.29, 0.717) is 0 Å². The fourth-order valence-corrected chi connectivity index (χ4v) is 2.23. The first kappa shape index (κ1) is 12.7. The van der Waals surface area contributed by atoms with Crippen molar-refractivity contribution in [3.05, 3.63) is 28.3 Å². The van der Waals surface area contributed by atoms with E-state index in [0.717, 1.165) is 23.8 Å². The van der Waals surface area contributed by atoms with Crippen LogP contribution in [0.4, 0.5) is 17.1 Å². The number of rotatable bonds is 5. The fourth-order valence-electron chi connectivity index (χ4n) is 2.23. The van der Waals surface area contributed by atoms with Gasteiger partial charge in [0.05, 0.1) is 4.92 Å². The molecule has 0 aromatic heterocycles. The van der Waals surface area contributed by atoms with E-state index < -0.39 is 0 Å². The van der Waals surface area contributed by atoms with Gasteiger partial charge in [-0.25, -0.2) is 0 Å². The van der Waals surface area contributed by atoms with Crippen molar-refractivity contribution in [1.82, 2.24) is 0 Å². The van der Waals surface area contributed by atoms with E-state index >= 15 is 0 Å². The number of non-ortho nitro benzene ring substituents is 1. The van der Waals surface area contributed by atoms with Gasteiger partial charge in [-0.1, -0.05) is 6.42 Å². The van der Waals surface area contributed by atoms with Crippen LogP contribution in [0.2, 0.25) is 0 Å². The van der Waals surface area contributed by atoms with Gasteiger partial charge in [-0.2, -0.15) is 0 Å². The normalized spacial score (nSPS) is 15.0. The maximum absolute atomic E-state index is 10.9. The first-order chi connectivity index (χ1) is 8.60. The van der Waals surface area contributed by atoms with Gasteiger partial charge in [-0.15, -0.1) is 0 Å². The van der Waals surface area contributed by atoms with E-state index in [1.165, 1.54) is 19.3 Å². The summed E-state index contributed by atoms with van der Waals surface area (Å²) in [5.74, 6) is 0.743. The summed E-state index contributed by atoms with van der Waals surface area (Å²) < 4.78 is 0. The predicted octanol–water partition coefficient (Wildman–Crippen LogP) is 2.87. The number of benzene rings is 1. The summed E-state index contributed by atoms with van der Waals surface area (Å²) in [6.45, 7) is 0.977. The molecule has 1 aromatic carbocycles. The Morgan fingerprint density at radius 3 is 2.67 bits per heavy atom. The summed E-state index contributed by atoms with van der Waals surface area (Å²) in [7, 11) is 3.77. The molecule has 0 atom stereocenters. The molecule has 1 N–H and O–H groups in total. The second kappa shape index (κ2) is 5.25. The highest BCUT2D eigenvalue weighted by Gasteiger charge is 2.20. The van der Waals surface area contributed by atoms with Gasteiger partial charge in [0.25, 0.3) is 5.69 Å². The standard InChI is InChI=1S/C13H19N3O2/c1-14-11-6-12(8-13(7-11)16(17)18)15(2)9-10-4-3-5-10/h6-8,10,14H,3-5,9H2,1-2H3. The molecule has 0 unspecified atom stereocenters. The van der Waals surface area contributed by atoms with E-state index in [4.69, 9.17) is 0 Å². The Morgan fingerprint density at radius 2 is 2.17 bits per heavy atom. The molecular weight excluding hydrogens is 230 g/mol. The number of nitro groups is 1. The Labute approximate surface area is 107 Å². The van der Waals surface area contributed by atoms with Gasteiger partial charge in [0, 0.05) is 44.1 Å². The summed E-state index contributed by atoms with van der Waals surface area (Å²) in [6, 6.07) is 5.14. The second-order valence-electron chi connectivity index (χ2n) is 4.92. The molecule has 18 heavy (non-hydrogen) atoms. The van der Waals surface area contributed by atoms with Crippen molar-refractivity contribution < 1.29 is 4.92 Å². The van der Waals surface area contributed by atoms with Crippen molar-refractivity contribution in [2.45, 2.75) is 19.3 Å². The molecule has 0 spiro atoms. The van der Waals surface area contributed by atoms with Crippen LogP contribution in [0, 0.1) is 16.0 Å². The van der Waals surface area contributed by atoms with E-state index in [1.54, 1.807) is 19.2 Å². The van der Waals surface area contributed by atoms with Crippen LogP contribution in [0.3, 0.4) is 0 Å². The molecule has 1 aliphatic carbocycles. The molecule has 1 aromatic rings. The van der Waals surface area contributed by atoms with Crippen LogP contribution in [0.5, 0.6) is 0 Å². The summed E-state index contributed by atoms with van der Waals surface area (Å²) in [6.07, 6.45) is 3.87. The summed E-state index contributed by atoms with van der Waals surface area (Å²) in [5, 5.41) is 13.9. The van der Waals surface area contributed by atoms with Gasteiger partial charge in [0.15, 0.2) is 0 Å². The maximum atomic E-state index is 10.9. The van der Waals surface area contributed by atoms with Gasteiger partial charge < -0.3 is 10.2 Å². The topological polar surface area (TPSA) is 58.4 Å². The van der Waals surface area contributed by atoms with E-state index in [2.05, 4.69) is 10.2 Å². The van der Waals surface area contributed by atoms with Crippen LogP contribution >= 0.6 is 0 Å².